The van der Waals surface area contributed by atoms with E-state index in [1.807, 2.05) is 31.2 Å². The number of aliphatic hydroxyl groups is 1. The van der Waals surface area contributed by atoms with Crippen LogP contribution in [0.25, 0.3) is 5.76 Å². The number of carbonyl (C=O) groups excluding carboxylic acids is 2. The highest BCUT2D eigenvalue weighted by Crippen LogP contribution is 2.46. The van der Waals surface area contributed by atoms with Crippen LogP contribution in [0, 0.1) is 6.92 Å². The molecule has 1 saturated heterocycles. The Morgan fingerprint density at radius 2 is 1.59 bits per heavy atom. The smallest absolute Gasteiger partial charge is 0.300 e. The van der Waals surface area contributed by atoms with Crippen molar-refractivity contribution in [1.29, 1.82) is 0 Å². The monoisotopic (exact) mass is 557 g/mol. The molecule has 8 heteroatoms. The Labute approximate surface area is 231 Å². The Bertz CT molecular complexity index is 1440. The first-order valence-corrected chi connectivity index (χ1v) is 12.7. The average Bonchev–Trinajstić information content (AvgIpc) is 3.09. The third-order valence-corrected chi connectivity index (χ3v) is 7.17. The van der Waals surface area contributed by atoms with Gasteiger partial charge < -0.3 is 9.84 Å². The minimum absolute atomic E-state index is 0.102. The molecular formula is C29H26Cl3NO4. The Morgan fingerprint density at radius 1 is 0.946 bits per heavy atom. The fourth-order valence-corrected chi connectivity index (χ4v) is 5.23. The van der Waals surface area contributed by atoms with Gasteiger partial charge in [0.2, 0.25) is 0 Å². The number of ketones is 1. The SMILES string of the molecule is COc1c(Cl)cc(Cl)cc1/C(O)=C1\C(=O)C(=O)N(c2cc(Cl)ccc2C)C1c1ccc(C(C)(C)C)cc1. The number of benzene rings is 3. The summed E-state index contributed by atoms with van der Waals surface area (Å²) in [6, 6.07) is 14.7. The van der Waals surface area contributed by atoms with Crippen LogP contribution in [0.15, 0.2) is 60.2 Å². The lowest BCUT2D eigenvalue weighted by molar-refractivity contribution is -0.132. The average molecular weight is 559 g/mol. The minimum Gasteiger partial charge on any atom is -0.507 e. The molecule has 1 aliphatic rings. The number of methoxy groups -OCH3 is 1. The normalized spacial score (nSPS) is 17.4. The predicted octanol–water partition coefficient (Wildman–Crippen LogP) is 7.89. The first-order chi connectivity index (χ1) is 17.3. The van der Waals surface area contributed by atoms with Crippen LogP contribution in [0.1, 0.15) is 49.1 Å². The van der Waals surface area contributed by atoms with Crippen LogP contribution in [-0.2, 0) is 15.0 Å². The number of aryl methyl sites for hydroxylation is 1. The number of nitrogens with zero attached hydrogens (tertiary/aromatic N) is 1. The van der Waals surface area contributed by atoms with E-state index in [0.717, 1.165) is 11.1 Å². The molecule has 192 valence electrons. The first-order valence-electron chi connectivity index (χ1n) is 11.6. The summed E-state index contributed by atoms with van der Waals surface area (Å²) in [6.07, 6.45) is 0. The van der Waals surface area contributed by atoms with Crippen molar-refractivity contribution in [2.45, 2.75) is 39.2 Å². The standard InChI is InChI=1S/C29H26Cl3NO4/c1-15-6-11-18(30)14-22(15)33-24(16-7-9-17(10-8-16)29(2,3)4)23(26(35)28(33)36)25(34)20-12-19(31)13-21(32)27(20)37-5/h6-14,24,34H,1-5H3/b25-23+. The highest BCUT2D eigenvalue weighted by molar-refractivity contribution is 6.52. The third kappa shape index (κ3) is 4.96. The van der Waals surface area contributed by atoms with Gasteiger partial charge in [0.25, 0.3) is 11.7 Å². The summed E-state index contributed by atoms with van der Waals surface area (Å²) in [5.41, 5.74) is 2.83. The van der Waals surface area contributed by atoms with Crippen molar-refractivity contribution >= 4 is 57.9 Å². The van der Waals surface area contributed by atoms with Gasteiger partial charge in [0.05, 0.1) is 29.3 Å². The van der Waals surface area contributed by atoms with E-state index in [2.05, 4.69) is 20.8 Å². The second kappa shape index (κ2) is 10.1. The number of ether oxygens (including phenoxy) is 1. The quantitative estimate of drug-likeness (QED) is 0.201. The maximum atomic E-state index is 13.5. The maximum absolute atomic E-state index is 13.5. The molecule has 3 aromatic rings. The molecule has 1 heterocycles. The van der Waals surface area contributed by atoms with Gasteiger partial charge in [-0.2, -0.15) is 0 Å². The molecule has 0 spiro atoms. The minimum atomic E-state index is -0.936. The number of Topliss-reactive ketones (excluding diaryl/α,β-unsaturated/α-hetero) is 1. The van der Waals surface area contributed by atoms with Crippen LogP contribution >= 0.6 is 34.8 Å². The summed E-state index contributed by atoms with van der Waals surface area (Å²) in [4.78, 5) is 28.4. The number of hydrogen-bond donors (Lipinski definition) is 1. The molecule has 37 heavy (non-hydrogen) atoms. The molecule has 0 radical (unpaired) electrons. The molecule has 1 unspecified atom stereocenters. The van der Waals surface area contributed by atoms with Crippen molar-refractivity contribution in [3.05, 3.63) is 97.5 Å². The fourth-order valence-electron chi connectivity index (χ4n) is 4.49. The van der Waals surface area contributed by atoms with Gasteiger partial charge in [-0.05, 0) is 53.3 Å². The summed E-state index contributed by atoms with van der Waals surface area (Å²) in [5.74, 6) is -1.94. The number of anilines is 1. The van der Waals surface area contributed by atoms with Crippen molar-refractivity contribution in [1.82, 2.24) is 0 Å². The molecule has 3 aromatic carbocycles. The molecule has 0 saturated carbocycles. The zero-order valence-corrected chi connectivity index (χ0v) is 23.3. The first kappa shape index (κ1) is 27.1. The molecular weight excluding hydrogens is 533 g/mol. The van der Waals surface area contributed by atoms with Crippen molar-refractivity contribution < 1.29 is 19.4 Å². The van der Waals surface area contributed by atoms with E-state index < -0.39 is 23.5 Å². The Balaban J connectivity index is 2.02. The highest BCUT2D eigenvalue weighted by Gasteiger charge is 2.47. The Kier molecular flexibility index (Phi) is 7.35. The van der Waals surface area contributed by atoms with Crippen LogP contribution in [0.4, 0.5) is 5.69 Å². The second-order valence-corrected chi connectivity index (χ2v) is 11.2. The van der Waals surface area contributed by atoms with E-state index in [4.69, 9.17) is 39.5 Å². The molecule has 0 aromatic heterocycles. The molecule has 1 aliphatic heterocycles. The van der Waals surface area contributed by atoms with E-state index >= 15 is 0 Å². The van der Waals surface area contributed by atoms with Crippen molar-refractivity contribution in [3.8, 4) is 5.75 Å². The topological polar surface area (TPSA) is 66.8 Å². The highest BCUT2D eigenvalue weighted by atomic mass is 35.5. The number of carbonyl (C=O) groups is 2. The molecule has 0 aliphatic carbocycles. The lowest BCUT2D eigenvalue weighted by Gasteiger charge is -2.28. The van der Waals surface area contributed by atoms with Crippen LogP contribution in [0.2, 0.25) is 15.1 Å². The largest absolute Gasteiger partial charge is 0.507 e. The zero-order valence-electron chi connectivity index (χ0n) is 21.0. The summed E-state index contributed by atoms with van der Waals surface area (Å²) < 4.78 is 5.40. The van der Waals surface area contributed by atoms with Gasteiger partial charge in [0.1, 0.15) is 11.5 Å². The van der Waals surface area contributed by atoms with Crippen LogP contribution < -0.4 is 9.64 Å². The van der Waals surface area contributed by atoms with Gasteiger partial charge in [-0.15, -0.1) is 0 Å². The van der Waals surface area contributed by atoms with E-state index in [-0.39, 0.29) is 32.3 Å². The summed E-state index contributed by atoms with van der Waals surface area (Å²) in [7, 11) is 1.39. The number of rotatable bonds is 4. The second-order valence-electron chi connectivity index (χ2n) is 9.94. The maximum Gasteiger partial charge on any atom is 0.300 e. The van der Waals surface area contributed by atoms with Crippen LogP contribution in [0.3, 0.4) is 0 Å². The molecule has 1 fully saturated rings. The Morgan fingerprint density at radius 3 is 2.19 bits per heavy atom. The Hall–Kier alpha value is -2.99. The van der Waals surface area contributed by atoms with E-state index in [1.54, 1.807) is 18.2 Å². The molecule has 0 bridgehead atoms. The van der Waals surface area contributed by atoms with Gasteiger partial charge in [0.15, 0.2) is 0 Å². The third-order valence-electron chi connectivity index (χ3n) is 6.44. The molecule has 1 atom stereocenters. The predicted molar refractivity (Wildman–Crippen MR) is 149 cm³/mol. The van der Waals surface area contributed by atoms with E-state index in [9.17, 15) is 14.7 Å². The number of aliphatic hydroxyl groups excluding tert-OH is 1. The summed E-state index contributed by atoms with van der Waals surface area (Å²) in [6.45, 7) is 8.11. The van der Waals surface area contributed by atoms with Gasteiger partial charge in [-0.25, -0.2) is 0 Å². The van der Waals surface area contributed by atoms with Gasteiger partial charge in [-0.1, -0.05) is 85.9 Å². The lowest BCUT2D eigenvalue weighted by atomic mass is 9.85. The van der Waals surface area contributed by atoms with Crippen molar-refractivity contribution in [2.75, 3.05) is 12.0 Å². The number of hydrogen-bond acceptors (Lipinski definition) is 4. The lowest BCUT2D eigenvalue weighted by Crippen LogP contribution is -2.30. The summed E-state index contributed by atoms with van der Waals surface area (Å²) in [5, 5.41) is 12.3. The molecule has 4 rings (SSSR count). The van der Waals surface area contributed by atoms with E-state index in [1.165, 1.54) is 24.1 Å². The van der Waals surface area contributed by atoms with Gasteiger partial charge in [0, 0.05) is 15.7 Å². The number of amides is 1. The van der Waals surface area contributed by atoms with Crippen LogP contribution in [-0.4, -0.2) is 23.9 Å². The van der Waals surface area contributed by atoms with Gasteiger partial charge >= 0.3 is 0 Å². The van der Waals surface area contributed by atoms with E-state index in [0.29, 0.717) is 16.3 Å². The fraction of sp³-hybridized carbons (Fsp3) is 0.241. The zero-order chi connectivity index (χ0) is 27.2. The molecule has 1 amide bonds. The molecule has 5 nitrogen and oxygen atoms in total. The number of halogens is 3. The van der Waals surface area contributed by atoms with Crippen LogP contribution in [0.5, 0.6) is 5.75 Å². The molecule has 1 N–H and O–H groups in total. The van der Waals surface area contributed by atoms with Crippen molar-refractivity contribution in [3.63, 3.8) is 0 Å². The summed E-state index contributed by atoms with van der Waals surface area (Å²) >= 11 is 18.8. The van der Waals surface area contributed by atoms with Crippen molar-refractivity contribution in [2.24, 2.45) is 0 Å². The van der Waals surface area contributed by atoms with Gasteiger partial charge in [-0.3, -0.25) is 14.5 Å².